The van der Waals surface area contributed by atoms with Gasteiger partial charge in [-0.1, -0.05) is 19.1 Å². The number of nitrogens with zero attached hydrogens (tertiary/aromatic N) is 4. The van der Waals surface area contributed by atoms with Crippen LogP contribution in [0.4, 0.5) is 13.2 Å². The minimum Gasteiger partial charge on any atom is -0.489 e. The molecule has 0 radical (unpaired) electrons. The first-order chi connectivity index (χ1) is 22.0. The van der Waals surface area contributed by atoms with Gasteiger partial charge in [0.25, 0.3) is 0 Å². The molecule has 6 rings (SSSR count). The highest BCUT2D eigenvalue weighted by Gasteiger charge is 2.41. The van der Waals surface area contributed by atoms with Crippen LogP contribution in [-0.2, 0) is 24.0 Å². The number of hydrogen-bond donors (Lipinski definition) is 1. The van der Waals surface area contributed by atoms with E-state index >= 15 is 0 Å². The molecule has 2 aliphatic rings. The van der Waals surface area contributed by atoms with E-state index in [9.17, 15) is 27.9 Å². The molecule has 1 aliphatic carbocycles. The predicted molar refractivity (Wildman–Crippen MR) is 167 cm³/mol. The van der Waals surface area contributed by atoms with Gasteiger partial charge in [0.2, 0.25) is 5.91 Å². The third-order valence-corrected chi connectivity index (χ3v) is 9.84. The SMILES string of the molecule is CCc1cc(OCc2cc(C)sc2-c2cccc(-n3ncc(C(=O)O)c3C(F)(F)F)n2)ccc1C1CCN(C(=O)CC2CC2)CC1. The molecule has 3 aromatic heterocycles. The highest BCUT2D eigenvalue weighted by Crippen LogP contribution is 2.38. The number of carbonyl (C=O) groups is 2. The molecule has 0 unspecified atom stereocenters. The molecular formula is C34H35F3N4O4S. The van der Waals surface area contributed by atoms with E-state index in [2.05, 4.69) is 29.1 Å². The Labute approximate surface area is 268 Å². The molecule has 4 heterocycles. The molecule has 1 aromatic carbocycles. The van der Waals surface area contributed by atoms with Crippen LogP contribution in [0.5, 0.6) is 5.75 Å². The van der Waals surface area contributed by atoms with Gasteiger partial charge < -0.3 is 14.7 Å². The number of halogens is 3. The molecule has 1 aliphatic heterocycles. The third kappa shape index (κ3) is 6.81. The number of piperidine rings is 1. The van der Waals surface area contributed by atoms with Crippen molar-refractivity contribution in [2.24, 2.45) is 5.92 Å². The summed E-state index contributed by atoms with van der Waals surface area (Å²) in [5, 5.41) is 13.0. The van der Waals surface area contributed by atoms with Crippen LogP contribution in [-0.4, -0.2) is 49.7 Å². The van der Waals surface area contributed by atoms with E-state index in [0.29, 0.717) is 40.7 Å². The summed E-state index contributed by atoms with van der Waals surface area (Å²) in [5.74, 6) is 0.159. The summed E-state index contributed by atoms with van der Waals surface area (Å²) in [6, 6.07) is 12.8. The van der Waals surface area contributed by atoms with Gasteiger partial charge >= 0.3 is 12.1 Å². The molecule has 1 N–H and O–H groups in total. The van der Waals surface area contributed by atoms with Crippen molar-refractivity contribution in [3.05, 3.63) is 81.5 Å². The Bertz CT molecular complexity index is 1750. The van der Waals surface area contributed by atoms with Crippen molar-refractivity contribution >= 4 is 23.2 Å². The van der Waals surface area contributed by atoms with Crippen LogP contribution in [0.25, 0.3) is 16.4 Å². The van der Waals surface area contributed by atoms with Crippen molar-refractivity contribution in [3.8, 4) is 22.1 Å². The topological polar surface area (TPSA) is 97.6 Å². The zero-order chi connectivity index (χ0) is 32.6. The zero-order valence-corrected chi connectivity index (χ0v) is 26.5. The van der Waals surface area contributed by atoms with E-state index in [1.165, 1.54) is 41.4 Å². The van der Waals surface area contributed by atoms with Gasteiger partial charge in [0.1, 0.15) is 17.9 Å². The van der Waals surface area contributed by atoms with Gasteiger partial charge in [-0.15, -0.1) is 11.3 Å². The van der Waals surface area contributed by atoms with E-state index in [4.69, 9.17) is 4.74 Å². The first kappa shape index (κ1) is 31.8. The minimum absolute atomic E-state index is 0.142. The Morgan fingerprint density at radius 3 is 2.50 bits per heavy atom. The maximum Gasteiger partial charge on any atom is 0.434 e. The second-order valence-electron chi connectivity index (χ2n) is 12.0. The number of aromatic nitrogens is 3. The van der Waals surface area contributed by atoms with Crippen LogP contribution in [0.3, 0.4) is 0 Å². The number of hydrogen-bond acceptors (Lipinski definition) is 6. The number of aryl methyl sites for hydroxylation is 2. The maximum atomic E-state index is 13.8. The number of alkyl halides is 3. The van der Waals surface area contributed by atoms with E-state index in [-0.39, 0.29) is 12.4 Å². The fraction of sp³-hybridized carbons (Fsp3) is 0.412. The fourth-order valence-electron chi connectivity index (χ4n) is 6.19. The van der Waals surface area contributed by atoms with E-state index in [1.807, 2.05) is 24.0 Å². The largest absolute Gasteiger partial charge is 0.489 e. The molecule has 0 bridgehead atoms. The van der Waals surface area contributed by atoms with Crippen molar-refractivity contribution in [3.63, 3.8) is 0 Å². The number of thiophene rings is 1. The molecular weight excluding hydrogens is 617 g/mol. The summed E-state index contributed by atoms with van der Waals surface area (Å²) in [5.41, 5.74) is 1.46. The Morgan fingerprint density at radius 1 is 1.07 bits per heavy atom. The number of carbonyl (C=O) groups excluding carboxylic acids is 1. The first-order valence-electron chi connectivity index (χ1n) is 15.5. The molecule has 1 amide bonds. The summed E-state index contributed by atoms with van der Waals surface area (Å²) in [6.07, 6.45) is 1.56. The van der Waals surface area contributed by atoms with Crippen molar-refractivity contribution in [1.82, 2.24) is 19.7 Å². The number of ether oxygens (including phenoxy) is 1. The highest BCUT2D eigenvalue weighted by atomic mass is 32.1. The van der Waals surface area contributed by atoms with E-state index in [1.54, 1.807) is 12.1 Å². The summed E-state index contributed by atoms with van der Waals surface area (Å²) >= 11 is 1.45. The number of aromatic carboxylic acids is 1. The van der Waals surface area contributed by atoms with Crippen molar-refractivity contribution < 1.29 is 32.6 Å². The minimum atomic E-state index is -4.95. The second-order valence-corrected chi connectivity index (χ2v) is 13.3. The highest BCUT2D eigenvalue weighted by molar-refractivity contribution is 7.15. The first-order valence-corrected chi connectivity index (χ1v) is 16.3. The summed E-state index contributed by atoms with van der Waals surface area (Å²) in [6.45, 7) is 5.88. The van der Waals surface area contributed by atoms with E-state index in [0.717, 1.165) is 53.4 Å². The molecule has 12 heteroatoms. The number of pyridine rings is 1. The zero-order valence-electron chi connectivity index (χ0n) is 25.6. The van der Waals surface area contributed by atoms with Gasteiger partial charge in [-0.25, -0.2) is 14.5 Å². The Hall–Kier alpha value is -4.19. The lowest BCUT2D eigenvalue weighted by Gasteiger charge is -2.33. The molecule has 46 heavy (non-hydrogen) atoms. The molecule has 4 aromatic rings. The molecule has 2 fully saturated rings. The van der Waals surface area contributed by atoms with Crippen LogP contribution in [0, 0.1) is 12.8 Å². The van der Waals surface area contributed by atoms with Gasteiger partial charge in [-0.2, -0.15) is 18.3 Å². The lowest BCUT2D eigenvalue weighted by atomic mass is 9.85. The van der Waals surface area contributed by atoms with Gasteiger partial charge in [0, 0.05) is 30.0 Å². The third-order valence-electron chi connectivity index (χ3n) is 8.72. The lowest BCUT2D eigenvalue weighted by molar-refractivity contribution is -0.143. The summed E-state index contributed by atoms with van der Waals surface area (Å²) in [7, 11) is 0. The lowest BCUT2D eigenvalue weighted by Crippen LogP contribution is -2.38. The number of likely N-dealkylation sites (tertiary alicyclic amines) is 1. The standard InChI is InChI=1S/C34H35F3N4O4S/c1-3-22-17-25(9-10-26(22)23-11-13-40(14-12-23)30(42)16-21-7-8-21)45-19-24-15-20(2)46-31(24)28-5-4-6-29(39-28)41-32(34(35,36)37)27(18-38-41)33(43)44/h4-6,9-10,15,17-18,21,23H,3,7-8,11-14,16,19H2,1-2H3,(H,43,44). The van der Waals surface area contributed by atoms with Crippen molar-refractivity contribution in [1.29, 1.82) is 0 Å². The van der Waals surface area contributed by atoms with Crippen molar-refractivity contribution in [2.75, 3.05) is 13.1 Å². The molecule has 1 saturated heterocycles. The molecule has 0 atom stereocenters. The molecule has 8 nitrogen and oxygen atoms in total. The van der Waals surface area contributed by atoms with Gasteiger partial charge in [-0.05, 0) is 92.3 Å². The molecule has 0 spiro atoms. The average Bonchev–Trinajstić information content (AvgIpc) is 3.58. The Balaban J connectivity index is 1.17. The Morgan fingerprint density at radius 2 is 1.83 bits per heavy atom. The smallest absolute Gasteiger partial charge is 0.434 e. The number of benzene rings is 1. The number of rotatable bonds is 10. The van der Waals surface area contributed by atoms with Crippen molar-refractivity contribution in [2.45, 2.75) is 71.1 Å². The van der Waals surface area contributed by atoms with E-state index < -0.39 is 23.4 Å². The number of amides is 1. The van der Waals surface area contributed by atoms with Crippen LogP contribution in [0.1, 0.15) is 82.6 Å². The second kappa shape index (κ2) is 12.9. The van der Waals surface area contributed by atoms with Gasteiger partial charge in [0.15, 0.2) is 11.5 Å². The Kier molecular flexibility index (Phi) is 8.91. The normalized spacial score (nSPS) is 15.7. The number of carboxylic acids is 1. The van der Waals surface area contributed by atoms with Gasteiger partial charge in [-0.3, -0.25) is 4.79 Å². The predicted octanol–water partition coefficient (Wildman–Crippen LogP) is 7.67. The molecule has 1 saturated carbocycles. The van der Waals surface area contributed by atoms with Crippen LogP contribution >= 0.6 is 11.3 Å². The fourth-order valence-corrected chi connectivity index (χ4v) is 7.18. The number of carboxylic acid groups (broad SMARTS) is 1. The quantitative estimate of drug-likeness (QED) is 0.189. The average molecular weight is 653 g/mol. The van der Waals surface area contributed by atoms with Crippen LogP contribution in [0.15, 0.2) is 48.7 Å². The van der Waals surface area contributed by atoms with Gasteiger partial charge in [0.05, 0.1) is 16.8 Å². The monoisotopic (exact) mass is 652 g/mol. The molecule has 242 valence electrons. The summed E-state index contributed by atoms with van der Waals surface area (Å²) in [4.78, 5) is 32.2. The van der Waals surface area contributed by atoms with Crippen LogP contribution in [0.2, 0.25) is 0 Å². The van der Waals surface area contributed by atoms with Crippen LogP contribution < -0.4 is 4.74 Å². The summed E-state index contributed by atoms with van der Waals surface area (Å²) < 4.78 is 48.3. The maximum absolute atomic E-state index is 13.8.